The maximum Gasteiger partial charge on any atom is 0.344 e. The van der Waals surface area contributed by atoms with Gasteiger partial charge in [-0.2, -0.15) is 0 Å². The highest BCUT2D eigenvalue weighted by atomic mass is 16.6. The van der Waals surface area contributed by atoms with Crippen LogP contribution in [0.15, 0.2) is 30.5 Å². The standard InChI is InChI=1S/C20H24N2O6/c1-5-20(22-13(3)23,18(24)27-6-2)19(25)28-12-14-9-15-10-16(26-4)7-8-17(15)21-11-14/h7-11H,5-6,12H2,1-4H3,(H,22,23). The van der Waals surface area contributed by atoms with Gasteiger partial charge in [-0.25, -0.2) is 9.59 Å². The third kappa shape index (κ3) is 4.57. The number of amides is 1. The summed E-state index contributed by atoms with van der Waals surface area (Å²) >= 11 is 0. The maximum atomic E-state index is 12.7. The number of nitrogens with one attached hydrogen (secondary N) is 1. The van der Waals surface area contributed by atoms with Crippen molar-refractivity contribution in [3.8, 4) is 5.75 Å². The summed E-state index contributed by atoms with van der Waals surface area (Å²) in [4.78, 5) is 41.0. The summed E-state index contributed by atoms with van der Waals surface area (Å²) in [7, 11) is 1.57. The maximum absolute atomic E-state index is 12.7. The van der Waals surface area contributed by atoms with Gasteiger partial charge in [-0.1, -0.05) is 6.92 Å². The number of hydrogen-bond acceptors (Lipinski definition) is 7. The quantitative estimate of drug-likeness (QED) is 0.546. The van der Waals surface area contributed by atoms with E-state index in [1.165, 1.54) is 6.92 Å². The molecule has 1 amide bonds. The summed E-state index contributed by atoms with van der Waals surface area (Å²) in [6.07, 6.45) is 1.58. The summed E-state index contributed by atoms with van der Waals surface area (Å²) in [6, 6.07) is 7.26. The topological polar surface area (TPSA) is 104 Å². The molecule has 0 aliphatic rings. The Labute approximate surface area is 163 Å². The molecule has 0 bridgehead atoms. The Morgan fingerprint density at radius 3 is 2.43 bits per heavy atom. The van der Waals surface area contributed by atoms with E-state index in [9.17, 15) is 14.4 Å². The van der Waals surface area contributed by atoms with Crippen molar-refractivity contribution in [2.24, 2.45) is 0 Å². The number of rotatable bonds is 8. The van der Waals surface area contributed by atoms with Crippen LogP contribution in [0.5, 0.6) is 5.75 Å². The van der Waals surface area contributed by atoms with Gasteiger partial charge in [0.1, 0.15) is 12.4 Å². The van der Waals surface area contributed by atoms with Crippen LogP contribution in [0.3, 0.4) is 0 Å². The van der Waals surface area contributed by atoms with Gasteiger partial charge in [0.25, 0.3) is 0 Å². The van der Waals surface area contributed by atoms with Crippen molar-refractivity contribution in [3.05, 3.63) is 36.0 Å². The van der Waals surface area contributed by atoms with E-state index in [4.69, 9.17) is 14.2 Å². The minimum atomic E-state index is -1.88. The molecule has 1 aromatic heterocycles. The molecule has 0 aliphatic carbocycles. The van der Waals surface area contributed by atoms with Crippen LogP contribution < -0.4 is 10.1 Å². The van der Waals surface area contributed by atoms with Gasteiger partial charge in [0.2, 0.25) is 11.4 Å². The Kier molecular flexibility index (Phi) is 6.92. The molecule has 0 fully saturated rings. The van der Waals surface area contributed by atoms with E-state index in [0.29, 0.717) is 11.3 Å². The van der Waals surface area contributed by atoms with Crippen LogP contribution in [0.4, 0.5) is 0 Å². The second-order valence-electron chi connectivity index (χ2n) is 6.14. The van der Waals surface area contributed by atoms with E-state index in [1.807, 2.05) is 18.2 Å². The number of fused-ring (bicyclic) bond motifs is 1. The molecule has 2 aromatic rings. The first kappa shape index (κ1) is 21.1. The van der Waals surface area contributed by atoms with Crippen molar-refractivity contribution in [2.45, 2.75) is 39.3 Å². The number of nitrogens with zero attached hydrogens (tertiary/aromatic N) is 1. The molecule has 1 atom stereocenters. The number of esters is 2. The van der Waals surface area contributed by atoms with E-state index in [1.54, 1.807) is 33.2 Å². The first-order valence-corrected chi connectivity index (χ1v) is 8.92. The third-order valence-electron chi connectivity index (χ3n) is 4.21. The predicted molar refractivity (Wildman–Crippen MR) is 102 cm³/mol. The highest BCUT2D eigenvalue weighted by Crippen LogP contribution is 2.21. The molecule has 0 aliphatic heterocycles. The Morgan fingerprint density at radius 2 is 1.82 bits per heavy atom. The number of hydrogen-bond donors (Lipinski definition) is 1. The first-order chi connectivity index (χ1) is 13.4. The van der Waals surface area contributed by atoms with E-state index in [2.05, 4.69) is 10.3 Å². The van der Waals surface area contributed by atoms with E-state index in [0.717, 1.165) is 10.9 Å². The van der Waals surface area contributed by atoms with Gasteiger partial charge in [-0.3, -0.25) is 9.78 Å². The summed E-state index contributed by atoms with van der Waals surface area (Å²) in [5.41, 5.74) is -0.482. The second kappa shape index (κ2) is 9.16. The fourth-order valence-electron chi connectivity index (χ4n) is 2.75. The number of methoxy groups -OCH3 is 1. The average molecular weight is 388 g/mol. The van der Waals surface area contributed by atoms with Crippen LogP contribution in [0, 0.1) is 0 Å². The minimum absolute atomic E-state index is 0.00256. The first-order valence-electron chi connectivity index (χ1n) is 8.92. The fourth-order valence-corrected chi connectivity index (χ4v) is 2.75. The highest BCUT2D eigenvalue weighted by molar-refractivity contribution is 6.07. The number of benzene rings is 1. The Morgan fingerprint density at radius 1 is 1.11 bits per heavy atom. The normalized spacial score (nSPS) is 12.7. The minimum Gasteiger partial charge on any atom is -0.497 e. The Hall–Kier alpha value is -3.16. The summed E-state index contributed by atoms with van der Waals surface area (Å²) < 4.78 is 15.5. The lowest BCUT2D eigenvalue weighted by Crippen LogP contribution is -2.60. The average Bonchev–Trinajstić information content (AvgIpc) is 2.69. The van der Waals surface area contributed by atoms with Crippen LogP contribution in [0.1, 0.15) is 32.8 Å². The van der Waals surface area contributed by atoms with Gasteiger partial charge in [-0.05, 0) is 37.6 Å². The second-order valence-corrected chi connectivity index (χ2v) is 6.14. The van der Waals surface area contributed by atoms with Gasteiger partial charge in [-0.15, -0.1) is 0 Å². The molecule has 1 unspecified atom stereocenters. The third-order valence-corrected chi connectivity index (χ3v) is 4.21. The van der Waals surface area contributed by atoms with Crippen LogP contribution in [0.25, 0.3) is 10.9 Å². The molecule has 1 heterocycles. The molecule has 0 saturated carbocycles. The molecular formula is C20H24N2O6. The number of aromatic nitrogens is 1. The van der Waals surface area contributed by atoms with Crippen molar-refractivity contribution >= 4 is 28.7 Å². The van der Waals surface area contributed by atoms with E-state index < -0.39 is 23.4 Å². The Bertz CT molecular complexity index is 882. The molecule has 1 N–H and O–H groups in total. The molecule has 8 nitrogen and oxygen atoms in total. The number of carbonyl (C=O) groups is 3. The molecule has 0 radical (unpaired) electrons. The molecule has 8 heteroatoms. The number of carbonyl (C=O) groups excluding carboxylic acids is 3. The summed E-state index contributed by atoms with van der Waals surface area (Å²) in [5.74, 6) is -1.58. The molecule has 150 valence electrons. The lowest BCUT2D eigenvalue weighted by molar-refractivity contribution is -0.169. The summed E-state index contributed by atoms with van der Waals surface area (Å²) in [6.45, 7) is 4.39. The van der Waals surface area contributed by atoms with Crippen LogP contribution >= 0.6 is 0 Å². The van der Waals surface area contributed by atoms with Crippen molar-refractivity contribution in [1.29, 1.82) is 0 Å². The molecule has 1 aromatic carbocycles. The van der Waals surface area contributed by atoms with E-state index >= 15 is 0 Å². The smallest absolute Gasteiger partial charge is 0.344 e. The molecular weight excluding hydrogens is 364 g/mol. The van der Waals surface area contributed by atoms with Gasteiger partial charge in [0.05, 0.1) is 19.2 Å². The van der Waals surface area contributed by atoms with Crippen molar-refractivity contribution < 1.29 is 28.6 Å². The van der Waals surface area contributed by atoms with Crippen LogP contribution in [-0.4, -0.2) is 42.1 Å². The molecule has 0 saturated heterocycles. The predicted octanol–water partition coefficient (Wildman–Crippen LogP) is 2.13. The SMILES string of the molecule is CCOC(=O)C(CC)(NC(C)=O)C(=O)OCc1cnc2ccc(OC)cc2c1. The van der Waals surface area contributed by atoms with Gasteiger partial charge < -0.3 is 19.5 Å². The Balaban J connectivity index is 2.22. The highest BCUT2D eigenvalue weighted by Gasteiger charge is 2.48. The van der Waals surface area contributed by atoms with E-state index in [-0.39, 0.29) is 19.6 Å². The zero-order chi connectivity index (χ0) is 20.7. The molecule has 28 heavy (non-hydrogen) atoms. The molecule has 2 rings (SSSR count). The van der Waals surface area contributed by atoms with Crippen molar-refractivity contribution in [2.75, 3.05) is 13.7 Å². The number of pyridine rings is 1. The fraction of sp³-hybridized carbons (Fsp3) is 0.400. The zero-order valence-corrected chi connectivity index (χ0v) is 16.4. The van der Waals surface area contributed by atoms with Crippen molar-refractivity contribution in [1.82, 2.24) is 10.3 Å². The van der Waals surface area contributed by atoms with Gasteiger partial charge in [0, 0.05) is 24.1 Å². The lowest BCUT2D eigenvalue weighted by Gasteiger charge is -2.28. The van der Waals surface area contributed by atoms with Gasteiger partial charge in [0.15, 0.2) is 0 Å². The molecule has 0 spiro atoms. The number of ether oxygens (including phenoxy) is 3. The monoisotopic (exact) mass is 388 g/mol. The van der Waals surface area contributed by atoms with Gasteiger partial charge >= 0.3 is 11.9 Å². The van der Waals surface area contributed by atoms with Crippen LogP contribution in [0.2, 0.25) is 0 Å². The van der Waals surface area contributed by atoms with Crippen molar-refractivity contribution in [3.63, 3.8) is 0 Å². The lowest BCUT2D eigenvalue weighted by atomic mass is 9.96. The largest absolute Gasteiger partial charge is 0.497 e. The zero-order valence-electron chi connectivity index (χ0n) is 16.4. The van der Waals surface area contributed by atoms with Crippen LogP contribution in [-0.2, 0) is 30.5 Å². The summed E-state index contributed by atoms with van der Waals surface area (Å²) in [5, 5.41) is 3.21.